The standard InChI is InChI=1S/C19H28FN3O3/c1-18(17(24)21-2)13-22(11-12-26-18)14-19(25)7-9-23(10-8-19)16-5-3-15(20)4-6-16/h3-6,25H,7-14H2,1-2H3,(H,21,24)/t18-/m0/s1. The molecular formula is C19H28FN3O3. The molecule has 0 unspecified atom stereocenters. The van der Waals surface area contributed by atoms with E-state index in [1.54, 1.807) is 26.1 Å². The monoisotopic (exact) mass is 365 g/mol. The molecule has 1 aromatic rings. The fraction of sp³-hybridized carbons (Fsp3) is 0.632. The molecule has 0 saturated carbocycles. The molecule has 7 heteroatoms. The number of hydrogen-bond donors (Lipinski definition) is 2. The molecule has 1 aromatic carbocycles. The number of benzene rings is 1. The third-order valence-electron chi connectivity index (χ3n) is 5.46. The SMILES string of the molecule is CNC(=O)[C@]1(C)CN(CC2(O)CCN(c3ccc(F)cc3)CC2)CCO1. The van der Waals surface area contributed by atoms with Gasteiger partial charge in [0.1, 0.15) is 5.82 Å². The highest BCUT2D eigenvalue weighted by molar-refractivity contribution is 5.84. The zero-order chi connectivity index (χ0) is 18.8. The fourth-order valence-corrected chi connectivity index (χ4v) is 3.90. The van der Waals surface area contributed by atoms with Crippen LogP contribution < -0.4 is 10.2 Å². The maximum absolute atomic E-state index is 13.1. The van der Waals surface area contributed by atoms with E-state index < -0.39 is 11.2 Å². The van der Waals surface area contributed by atoms with Crippen molar-refractivity contribution >= 4 is 11.6 Å². The molecule has 6 nitrogen and oxygen atoms in total. The van der Waals surface area contributed by atoms with E-state index in [1.165, 1.54) is 12.1 Å². The Hall–Kier alpha value is -1.70. The molecule has 0 spiro atoms. The van der Waals surface area contributed by atoms with Gasteiger partial charge in [-0.3, -0.25) is 9.69 Å². The number of carbonyl (C=O) groups is 1. The van der Waals surface area contributed by atoms with Crippen LogP contribution in [-0.4, -0.2) is 73.5 Å². The van der Waals surface area contributed by atoms with Gasteiger partial charge in [0, 0.05) is 45.5 Å². The van der Waals surface area contributed by atoms with Crippen LogP contribution in [0, 0.1) is 5.82 Å². The van der Waals surface area contributed by atoms with Crippen molar-refractivity contribution in [2.75, 3.05) is 51.3 Å². The van der Waals surface area contributed by atoms with Crippen molar-refractivity contribution in [1.82, 2.24) is 10.2 Å². The third kappa shape index (κ3) is 4.16. The first-order valence-corrected chi connectivity index (χ1v) is 9.15. The number of rotatable bonds is 4. The molecule has 0 bridgehead atoms. The Morgan fingerprint density at radius 3 is 2.54 bits per heavy atom. The van der Waals surface area contributed by atoms with Gasteiger partial charge in [-0.1, -0.05) is 0 Å². The summed E-state index contributed by atoms with van der Waals surface area (Å²) in [5.41, 5.74) is -0.678. The highest BCUT2D eigenvalue weighted by atomic mass is 19.1. The second-order valence-electron chi connectivity index (χ2n) is 7.56. The van der Waals surface area contributed by atoms with Gasteiger partial charge in [0.05, 0.1) is 12.2 Å². The van der Waals surface area contributed by atoms with Gasteiger partial charge in [-0.25, -0.2) is 4.39 Å². The second kappa shape index (κ2) is 7.50. The Labute approximate surface area is 153 Å². The summed E-state index contributed by atoms with van der Waals surface area (Å²) in [6, 6.07) is 6.47. The molecule has 2 aliphatic heterocycles. The van der Waals surface area contributed by atoms with Crippen LogP contribution in [0.15, 0.2) is 24.3 Å². The number of morpholine rings is 1. The summed E-state index contributed by atoms with van der Waals surface area (Å²) in [4.78, 5) is 16.4. The van der Waals surface area contributed by atoms with Crippen LogP contribution in [0.4, 0.5) is 10.1 Å². The van der Waals surface area contributed by atoms with Crippen LogP contribution in [0.3, 0.4) is 0 Å². The summed E-state index contributed by atoms with van der Waals surface area (Å²) in [6.45, 7) is 5.41. The van der Waals surface area contributed by atoms with Crippen LogP contribution in [-0.2, 0) is 9.53 Å². The number of amides is 1. The van der Waals surface area contributed by atoms with Gasteiger partial charge >= 0.3 is 0 Å². The van der Waals surface area contributed by atoms with Crippen LogP contribution in [0.1, 0.15) is 19.8 Å². The second-order valence-corrected chi connectivity index (χ2v) is 7.56. The van der Waals surface area contributed by atoms with E-state index in [0.29, 0.717) is 39.1 Å². The lowest BCUT2D eigenvalue weighted by atomic mass is 9.89. The van der Waals surface area contributed by atoms with Gasteiger partial charge in [-0.2, -0.15) is 0 Å². The first-order chi connectivity index (χ1) is 12.3. The number of ether oxygens (including phenoxy) is 1. The topological polar surface area (TPSA) is 65.0 Å². The number of piperidine rings is 1. The summed E-state index contributed by atoms with van der Waals surface area (Å²) >= 11 is 0. The van der Waals surface area contributed by atoms with E-state index in [1.807, 2.05) is 0 Å². The molecule has 2 heterocycles. The quantitative estimate of drug-likeness (QED) is 0.833. The number of aliphatic hydroxyl groups is 1. The zero-order valence-corrected chi connectivity index (χ0v) is 15.5. The van der Waals surface area contributed by atoms with Crippen LogP contribution in [0.2, 0.25) is 0 Å². The van der Waals surface area contributed by atoms with Crippen molar-refractivity contribution in [3.8, 4) is 0 Å². The minimum Gasteiger partial charge on any atom is -0.388 e. The van der Waals surface area contributed by atoms with Crippen molar-refractivity contribution in [1.29, 1.82) is 0 Å². The number of nitrogens with one attached hydrogen (secondary N) is 1. The molecule has 1 atom stereocenters. The molecule has 0 radical (unpaired) electrons. The molecule has 3 rings (SSSR count). The molecule has 2 aliphatic rings. The van der Waals surface area contributed by atoms with E-state index in [4.69, 9.17) is 4.74 Å². The Balaban J connectivity index is 1.57. The summed E-state index contributed by atoms with van der Waals surface area (Å²) in [5, 5.41) is 13.7. The smallest absolute Gasteiger partial charge is 0.253 e. The highest BCUT2D eigenvalue weighted by Crippen LogP contribution is 2.29. The first kappa shape index (κ1) is 19.1. The highest BCUT2D eigenvalue weighted by Gasteiger charge is 2.42. The molecule has 2 N–H and O–H groups in total. The Morgan fingerprint density at radius 1 is 1.27 bits per heavy atom. The molecule has 144 valence electrons. The van der Waals surface area contributed by atoms with Crippen LogP contribution >= 0.6 is 0 Å². The first-order valence-electron chi connectivity index (χ1n) is 9.15. The molecule has 0 aliphatic carbocycles. The number of nitrogens with zero attached hydrogens (tertiary/aromatic N) is 2. The van der Waals surface area contributed by atoms with Gasteiger partial charge < -0.3 is 20.1 Å². The van der Waals surface area contributed by atoms with Crippen molar-refractivity contribution in [3.05, 3.63) is 30.1 Å². The lowest BCUT2D eigenvalue weighted by Crippen LogP contribution is -2.61. The van der Waals surface area contributed by atoms with E-state index in [2.05, 4.69) is 15.1 Å². The molecule has 1 amide bonds. The lowest BCUT2D eigenvalue weighted by molar-refractivity contribution is -0.159. The molecule has 2 fully saturated rings. The average Bonchev–Trinajstić information content (AvgIpc) is 2.62. The van der Waals surface area contributed by atoms with Gasteiger partial charge in [0.15, 0.2) is 5.60 Å². The van der Waals surface area contributed by atoms with Gasteiger partial charge in [-0.15, -0.1) is 0 Å². The average molecular weight is 365 g/mol. The zero-order valence-electron chi connectivity index (χ0n) is 15.5. The van der Waals surface area contributed by atoms with E-state index >= 15 is 0 Å². The van der Waals surface area contributed by atoms with Gasteiger partial charge in [-0.05, 0) is 44.0 Å². The number of hydrogen-bond acceptors (Lipinski definition) is 5. The predicted molar refractivity (Wildman–Crippen MR) is 97.7 cm³/mol. The van der Waals surface area contributed by atoms with E-state index in [0.717, 1.165) is 18.8 Å². The van der Waals surface area contributed by atoms with E-state index in [-0.39, 0.29) is 11.7 Å². The Bertz CT molecular complexity index is 631. The van der Waals surface area contributed by atoms with Crippen LogP contribution in [0.25, 0.3) is 0 Å². The lowest BCUT2D eigenvalue weighted by Gasteiger charge is -2.45. The Kier molecular flexibility index (Phi) is 5.50. The summed E-state index contributed by atoms with van der Waals surface area (Å²) in [5.74, 6) is -0.380. The van der Waals surface area contributed by atoms with Crippen LogP contribution in [0.5, 0.6) is 0 Å². The molecular weight excluding hydrogens is 337 g/mol. The van der Waals surface area contributed by atoms with Crippen molar-refractivity contribution < 1.29 is 19.0 Å². The van der Waals surface area contributed by atoms with Crippen molar-refractivity contribution in [2.24, 2.45) is 0 Å². The third-order valence-corrected chi connectivity index (χ3v) is 5.46. The molecule has 2 saturated heterocycles. The minimum atomic E-state index is -0.877. The Morgan fingerprint density at radius 2 is 1.92 bits per heavy atom. The normalized spacial score (nSPS) is 26.5. The number of halogens is 1. The van der Waals surface area contributed by atoms with Crippen molar-refractivity contribution in [2.45, 2.75) is 31.0 Å². The maximum Gasteiger partial charge on any atom is 0.253 e. The largest absolute Gasteiger partial charge is 0.388 e. The molecule has 0 aromatic heterocycles. The summed E-state index contributed by atoms with van der Waals surface area (Å²) < 4.78 is 18.8. The minimum absolute atomic E-state index is 0.139. The van der Waals surface area contributed by atoms with Crippen molar-refractivity contribution in [3.63, 3.8) is 0 Å². The van der Waals surface area contributed by atoms with Gasteiger partial charge in [0.2, 0.25) is 0 Å². The number of likely N-dealkylation sites (N-methyl/N-ethyl adjacent to an activating group) is 1. The van der Waals surface area contributed by atoms with Gasteiger partial charge in [0.25, 0.3) is 5.91 Å². The number of anilines is 1. The predicted octanol–water partition coefficient (Wildman–Crippen LogP) is 0.994. The fourth-order valence-electron chi connectivity index (χ4n) is 3.90. The molecule has 26 heavy (non-hydrogen) atoms. The number of β-amino-alcohol motifs (C(OH)–C–C–N with tert-alkyl or cyclic N) is 1. The van der Waals surface area contributed by atoms with E-state index in [9.17, 15) is 14.3 Å². The summed E-state index contributed by atoms with van der Waals surface area (Å²) in [7, 11) is 1.61. The summed E-state index contributed by atoms with van der Waals surface area (Å²) in [6.07, 6.45) is 1.27. The number of carbonyl (C=O) groups excluding carboxylic acids is 1. The maximum atomic E-state index is 13.1.